The summed E-state index contributed by atoms with van der Waals surface area (Å²) in [4.78, 5) is 11.9. The third-order valence-electron chi connectivity index (χ3n) is 4.10. The minimum Gasteiger partial charge on any atom is -0.465 e. The molecule has 3 aromatic rings. The summed E-state index contributed by atoms with van der Waals surface area (Å²) in [7, 11) is 0. The fourth-order valence-electron chi connectivity index (χ4n) is 2.64. The fourth-order valence-corrected chi connectivity index (χ4v) is 3.38. The quantitative estimate of drug-likeness (QED) is 0.300. The summed E-state index contributed by atoms with van der Waals surface area (Å²) in [6, 6.07) is 16.3. The van der Waals surface area contributed by atoms with Crippen LogP contribution in [0.3, 0.4) is 0 Å². The number of nitrogens with zero attached hydrogens (tertiary/aromatic N) is 3. The van der Waals surface area contributed by atoms with Gasteiger partial charge in [-0.2, -0.15) is 0 Å². The SMILES string of the molecule is CCCCOC(=O)CSc1nnc(-c2ccccc2F)n1Cc1ccccc1. The monoisotopic (exact) mass is 399 g/mol. The number of rotatable bonds is 9. The van der Waals surface area contributed by atoms with Gasteiger partial charge in [0.1, 0.15) is 5.82 Å². The van der Waals surface area contributed by atoms with Crippen molar-refractivity contribution in [1.29, 1.82) is 0 Å². The van der Waals surface area contributed by atoms with Crippen LogP contribution in [-0.2, 0) is 16.1 Å². The van der Waals surface area contributed by atoms with E-state index in [4.69, 9.17) is 4.74 Å². The minimum atomic E-state index is -0.361. The molecule has 3 rings (SSSR count). The molecule has 1 heterocycles. The molecule has 5 nitrogen and oxygen atoms in total. The Labute approximate surface area is 167 Å². The molecule has 2 aromatic carbocycles. The number of ether oxygens (including phenoxy) is 1. The minimum absolute atomic E-state index is 0.133. The van der Waals surface area contributed by atoms with E-state index in [0.29, 0.717) is 29.7 Å². The van der Waals surface area contributed by atoms with Crippen LogP contribution in [0.25, 0.3) is 11.4 Å². The van der Waals surface area contributed by atoms with Crippen molar-refractivity contribution in [2.24, 2.45) is 0 Å². The number of thioether (sulfide) groups is 1. The summed E-state index contributed by atoms with van der Waals surface area (Å²) < 4.78 is 21.4. The molecule has 146 valence electrons. The zero-order valence-electron chi connectivity index (χ0n) is 15.7. The number of carbonyl (C=O) groups is 1. The molecule has 0 unspecified atom stereocenters. The second-order valence-electron chi connectivity index (χ2n) is 6.22. The van der Waals surface area contributed by atoms with Gasteiger partial charge >= 0.3 is 5.97 Å². The number of esters is 1. The van der Waals surface area contributed by atoms with Crippen LogP contribution in [-0.4, -0.2) is 33.1 Å². The summed E-state index contributed by atoms with van der Waals surface area (Å²) in [6.45, 7) is 2.94. The van der Waals surface area contributed by atoms with Gasteiger partial charge in [-0.3, -0.25) is 9.36 Å². The first-order valence-electron chi connectivity index (χ1n) is 9.19. The predicted octanol–water partition coefficient (Wildman–Crippen LogP) is 4.57. The van der Waals surface area contributed by atoms with Crippen LogP contribution >= 0.6 is 11.8 Å². The molecule has 0 aliphatic rings. The molecule has 0 saturated carbocycles. The van der Waals surface area contributed by atoms with Crippen LogP contribution in [0.1, 0.15) is 25.3 Å². The number of hydrogen-bond donors (Lipinski definition) is 0. The lowest BCUT2D eigenvalue weighted by molar-refractivity contribution is -0.140. The van der Waals surface area contributed by atoms with Crippen molar-refractivity contribution in [1.82, 2.24) is 14.8 Å². The standard InChI is InChI=1S/C21H22FN3O2S/c1-2-3-13-27-19(26)15-28-21-24-23-20(17-11-7-8-12-18(17)22)25(21)14-16-9-5-4-6-10-16/h4-12H,2-3,13-15H2,1H3. The summed E-state index contributed by atoms with van der Waals surface area (Å²) in [5.41, 5.74) is 1.41. The normalized spacial score (nSPS) is 10.8. The van der Waals surface area contributed by atoms with E-state index in [-0.39, 0.29) is 17.5 Å². The zero-order chi connectivity index (χ0) is 19.8. The molecule has 0 saturated heterocycles. The van der Waals surface area contributed by atoms with Crippen LogP contribution in [0.5, 0.6) is 0 Å². The van der Waals surface area contributed by atoms with Gasteiger partial charge in [-0.1, -0.05) is 67.6 Å². The second-order valence-corrected chi connectivity index (χ2v) is 7.16. The van der Waals surface area contributed by atoms with Crippen molar-refractivity contribution < 1.29 is 13.9 Å². The predicted molar refractivity (Wildman–Crippen MR) is 108 cm³/mol. The van der Waals surface area contributed by atoms with E-state index < -0.39 is 0 Å². The van der Waals surface area contributed by atoms with Crippen molar-refractivity contribution in [2.45, 2.75) is 31.5 Å². The van der Waals surface area contributed by atoms with Gasteiger partial charge in [0.2, 0.25) is 0 Å². The van der Waals surface area contributed by atoms with Crippen LogP contribution in [0.4, 0.5) is 4.39 Å². The maximum atomic E-state index is 14.3. The largest absolute Gasteiger partial charge is 0.465 e. The smallest absolute Gasteiger partial charge is 0.316 e. The Morgan fingerprint density at radius 2 is 1.86 bits per heavy atom. The highest BCUT2D eigenvalue weighted by Crippen LogP contribution is 2.27. The molecule has 0 spiro atoms. The number of unbranched alkanes of at least 4 members (excludes halogenated alkanes) is 1. The Kier molecular flexibility index (Phi) is 7.19. The first-order valence-corrected chi connectivity index (χ1v) is 10.2. The van der Waals surface area contributed by atoms with Crippen molar-refractivity contribution in [3.05, 3.63) is 66.0 Å². The zero-order valence-corrected chi connectivity index (χ0v) is 16.5. The van der Waals surface area contributed by atoms with E-state index in [1.807, 2.05) is 41.8 Å². The average molecular weight is 399 g/mol. The Morgan fingerprint density at radius 1 is 1.11 bits per heavy atom. The number of benzene rings is 2. The first-order chi connectivity index (χ1) is 13.7. The summed E-state index contributed by atoms with van der Waals surface area (Å²) in [5.74, 6) is -0.0860. The number of carbonyl (C=O) groups excluding carboxylic acids is 1. The molecule has 0 bridgehead atoms. The molecule has 0 fully saturated rings. The topological polar surface area (TPSA) is 57.0 Å². The summed E-state index contributed by atoms with van der Waals surface area (Å²) >= 11 is 1.25. The lowest BCUT2D eigenvalue weighted by atomic mass is 10.2. The summed E-state index contributed by atoms with van der Waals surface area (Å²) in [6.07, 6.45) is 1.82. The molecule has 1 aromatic heterocycles. The van der Waals surface area contributed by atoms with Crippen LogP contribution in [0.2, 0.25) is 0 Å². The lowest BCUT2D eigenvalue weighted by Gasteiger charge is -2.11. The molecule has 0 aliphatic heterocycles. The first kappa shape index (κ1) is 20.1. The van der Waals surface area contributed by atoms with Gasteiger partial charge < -0.3 is 4.74 Å². The van der Waals surface area contributed by atoms with Crippen molar-refractivity contribution in [3.8, 4) is 11.4 Å². The Morgan fingerprint density at radius 3 is 2.61 bits per heavy atom. The molecule has 28 heavy (non-hydrogen) atoms. The molecular formula is C21H22FN3O2S. The highest BCUT2D eigenvalue weighted by Gasteiger charge is 2.18. The highest BCUT2D eigenvalue weighted by atomic mass is 32.2. The molecule has 0 N–H and O–H groups in total. The second kappa shape index (κ2) is 10.0. The average Bonchev–Trinajstić information content (AvgIpc) is 3.10. The van der Waals surface area contributed by atoms with Crippen molar-refractivity contribution in [2.75, 3.05) is 12.4 Å². The lowest BCUT2D eigenvalue weighted by Crippen LogP contribution is -2.10. The van der Waals surface area contributed by atoms with E-state index in [9.17, 15) is 9.18 Å². The van der Waals surface area contributed by atoms with Gasteiger partial charge in [-0.15, -0.1) is 10.2 Å². The Balaban J connectivity index is 1.83. The molecule has 0 amide bonds. The van der Waals surface area contributed by atoms with Crippen LogP contribution in [0, 0.1) is 5.82 Å². The van der Waals surface area contributed by atoms with Crippen LogP contribution in [0.15, 0.2) is 59.8 Å². The molecule has 0 radical (unpaired) electrons. The van der Waals surface area contributed by atoms with Crippen molar-refractivity contribution >= 4 is 17.7 Å². The Hall–Kier alpha value is -2.67. The van der Waals surface area contributed by atoms with Gasteiger partial charge in [0.15, 0.2) is 11.0 Å². The maximum absolute atomic E-state index is 14.3. The highest BCUT2D eigenvalue weighted by molar-refractivity contribution is 7.99. The number of hydrogen-bond acceptors (Lipinski definition) is 5. The number of aromatic nitrogens is 3. The maximum Gasteiger partial charge on any atom is 0.316 e. The van der Waals surface area contributed by atoms with E-state index in [1.165, 1.54) is 17.8 Å². The van der Waals surface area contributed by atoms with Crippen LogP contribution < -0.4 is 0 Å². The van der Waals surface area contributed by atoms with Gasteiger partial charge in [0.25, 0.3) is 0 Å². The Bertz CT molecular complexity index is 915. The molecule has 7 heteroatoms. The number of halogens is 1. The third kappa shape index (κ3) is 5.19. The van der Waals surface area contributed by atoms with Crippen molar-refractivity contribution in [3.63, 3.8) is 0 Å². The fraction of sp³-hybridized carbons (Fsp3) is 0.286. The molecule has 0 atom stereocenters. The molecule has 0 aliphatic carbocycles. The molecular weight excluding hydrogens is 377 g/mol. The third-order valence-corrected chi connectivity index (χ3v) is 5.04. The van der Waals surface area contributed by atoms with E-state index in [0.717, 1.165) is 18.4 Å². The van der Waals surface area contributed by atoms with Gasteiger partial charge in [0.05, 0.1) is 24.5 Å². The van der Waals surface area contributed by atoms with Gasteiger partial charge in [0, 0.05) is 0 Å². The van der Waals surface area contributed by atoms with Gasteiger partial charge in [-0.25, -0.2) is 4.39 Å². The van der Waals surface area contributed by atoms with E-state index in [1.54, 1.807) is 18.2 Å². The van der Waals surface area contributed by atoms with E-state index >= 15 is 0 Å². The van der Waals surface area contributed by atoms with Gasteiger partial charge in [-0.05, 0) is 24.1 Å². The summed E-state index contributed by atoms with van der Waals surface area (Å²) in [5, 5.41) is 8.95. The van der Waals surface area contributed by atoms with E-state index in [2.05, 4.69) is 10.2 Å².